The molecule has 0 saturated heterocycles. The number of nitrogens with zero attached hydrogens (tertiary/aromatic N) is 2. The fourth-order valence-electron chi connectivity index (χ4n) is 2.19. The van der Waals surface area contributed by atoms with Crippen molar-refractivity contribution in [2.75, 3.05) is 0 Å². The number of aryl methyl sites for hydroxylation is 1. The van der Waals surface area contributed by atoms with Gasteiger partial charge in [0.2, 0.25) is 5.78 Å². The maximum atomic E-state index is 12.5. The Kier molecular flexibility index (Phi) is 3.10. The van der Waals surface area contributed by atoms with Crippen molar-refractivity contribution in [3.05, 3.63) is 67.8 Å². The summed E-state index contributed by atoms with van der Waals surface area (Å²) < 4.78 is 3.17. The summed E-state index contributed by atoms with van der Waals surface area (Å²) in [7, 11) is 2.88. The number of hydrogen-bond acceptors (Lipinski definition) is 4. The molecule has 0 saturated carbocycles. The molecule has 2 aromatic heterocycles. The average molecular weight is 300 g/mol. The summed E-state index contributed by atoms with van der Waals surface area (Å²) in [5.74, 6) is -0.354. The zero-order valence-electron chi connectivity index (χ0n) is 11.5. The predicted octanol–water partition coefficient (Wildman–Crippen LogP) is 1.53. The zero-order valence-corrected chi connectivity index (χ0v) is 12.3. The number of carbonyl (C=O) groups is 1. The van der Waals surface area contributed by atoms with Gasteiger partial charge in [0.1, 0.15) is 5.56 Å². The largest absolute Gasteiger partial charge is 0.330 e. The second-order valence-electron chi connectivity index (χ2n) is 4.78. The molecule has 0 bridgehead atoms. The Morgan fingerprint density at radius 3 is 2.57 bits per heavy atom. The minimum Gasteiger partial charge on any atom is -0.303 e. The van der Waals surface area contributed by atoms with E-state index in [-0.39, 0.29) is 11.3 Å². The molecule has 0 N–H and O–H groups in total. The summed E-state index contributed by atoms with van der Waals surface area (Å²) in [6.45, 7) is 0. The van der Waals surface area contributed by atoms with Gasteiger partial charge in [-0.1, -0.05) is 18.2 Å². The van der Waals surface area contributed by atoms with Crippen molar-refractivity contribution in [1.82, 2.24) is 9.13 Å². The van der Waals surface area contributed by atoms with E-state index in [2.05, 4.69) is 0 Å². The van der Waals surface area contributed by atoms with E-state index in [1.165, 1.54) is 36.2 Å². The number of aromatic nitrogens is 2. The van der Waals surface area contributed by atoms with Gasteiger partial charge in [0.05, 0.1) is 4.88 Å². The van der Waals surface area contributed by atoms with Crippen molar-refractivity contribution in [1.29, 1.82) is 0 Å². The molecular weight excluding hydrogens is 288 g/mol. The molecule has 5 nitrogen and oxygen atoms in total. The molecule has 0 amide bonds. The quantitative estimate of drug-likeness (QED) is 0.674. The topological polar surface area (TPSA) is 61.1 Å². The number of benzene rings is 1. The van der Waals surface area contributed by atoms with Crippen molar-refractivity contribution in [3.63, 3.8) is 0 Å². The van der Waals surface area contributed by atoms with Gasteiger partial charge in [0.15, 0.2) is 0 Å². The molecule has 6 heteroatoms. The second kappa shape index (κ2) is 4.82. The van der Waals surface area contributed by atoms with Crippen molar-refractivity contribution < 1.29 is 4.79 Å². The molecule has 3 rings (SSSR count). The highest BCUT2D eigenvalue weighted by molar-refractivity contribution is 7.21. The van der Waals surface area contributed by atoms with Gasteiger partial charge in [-0.2, -0.15) is 0 Å². The van der Waals surface area contributed by atoms with Crippen molar-refractivity contribution in [2.24, 2.45) is 14.1 Å². The van der Waals surface area contributed by atoms with Gasteiger partial charge in [-0.3, -0.25) is 14.2 Å². The van der Waals surface area contributed by atoms with E-state index < -0.39 is 11.2 Å². The molecule has 21 heavy (non-hydrogen) atoms. The van der Waals surface area contributed by atoms with Gasteiger partial charge in [-0.25, -0.2) is 4.79 Å². The summed E-state index contributed by atoms with van der Waals surface area (Å²) in [5, 5.41) is 0.965. The Morgan fingerprint density at radius 1 is 1.14 bits per heavy atom. The third kappa shape index (κ3) is 2.13. The fourth-order valence-corrected chi connectivity index (χ4v) is 3.21. The van der Waals surface area contributed by atoms with Gasteiger partial charge in [0, 0.05) is 25.0 Å². The molecule has 3 aromatic rings. The van der Waals surface area contributed by atoms with E-state index in [0.717, 1.165) is 14.7 Å². The second-order valence-corrected chi connectivity index (χ2v) is 5.86. The third-order valence-corrected chi connectivity index (χ3v) is 4.46. The third-order valence-electron chi connectivity index (χ3n) is 3.34. The standard InChI is InChI=1S/C15H12N2O3S/c1-16-8-10(14(19)17(2)15(16)20)13(18)12-7-9-5-3-4-6-11(9)21-12/h3-8H,1-2H3. The van der Waals surface area contributed by atoms with Crippen molar-refractivity contribution in [2.45, 2.75) is 0 Å². The van der Waals surface area contributed by atoms with Crippen LogP contribution in [0.2, 0.25) is 0 Å². The van der Waals surface area contributed by atoms with Crippen molar-refractivity contribution >= 4 is 27.2 Å². The van der Waals surface area contributed by atoms with Crippen LogP contribution < -0.4 is 11.2 Å². The Labute approximate surface area is 123 Å². The Morgan fingerprint density at radius 2 is 1.86 bits per heavy atom. The predicted molar refractivity (Wildman–Crippen MR) is 82.2 cm³/mol. The molecular formula is C15H12N2O3S. The highest BCUT2D eigenvalue weighted by atomic mass is 32.1. The number of thiophene rings is 1. The molecule has 0 radical (unpaired) electrons. The van der Waals surface area contributed by atoms with Crippen LogP contribution in [-0.4, -0.2) is 14.9 Å². The van der Waals surface area contributed by atoms with Gasteiger partial charge < -0.3 is 4.57 Å². The number of fused-ring (bicyclic) bond motifs is 1. The first-order chi connectivity index (χ1) is 9.99. The van der Waals surface area contributed by atoms with Gasteiger partial charge >= 0.3 is 5.69 Å². The number of hydrogen-bond donors (Lipinski definition) is 0. The van der Waals surface area contributed by atoms with E-state index in [1.807, 2.05) is 24.3 Å². The lowest BCUT2D eigenvalue weighted by atomic mass is 10.1. The summed E-state index contributed by atoms with van der Waals surface area (Å²) in [6, 6.07) is 9.41. The first-order valence-corrected chi connectivity index (χ1v) is 7.10. The van der Waals surface area contributed by atoms with E-state index in [1.54, 1.807) is 6.07 Å². The van der Waals surface area contributed by atoms with Crippen LogP contribution in [0.1, 0.15) is 15.2 Å². The Balaban J connectivity index is 2.19. The SMILES string of the molecule is Cn1cc(C(=O)c2cc3ccccc3s2)c(=O)n(C)c1=O. The smallest absolute Gasteiger partial charge is 0.303 e. The van der Waals surface area contributed by atoms with Crippen molar-refractivity contribution in [3.8, 4) is 0 Å². The normalized spacial score (nSPS) is 11.0. The van der Waals surface area contributed by atoms with Gasteiger partial charge in [0.25, 0.3) is 5.56 Å². The highest BCUT2D eigenvalue weighted by Crippen LogP contribution is 2.26. The Hall–Kier alpha value is -2.47. The lowest BCUT2D eigenvalue weighted by molar-refractivity contribution is 0.103. The molecule has 2 heterocycles. The monoisotopic (exact) mass is 300 g/mol. The molecule has 0 unspecified atom stereocenters. The van der Waals surface area contributed by atoms with Crippen LogP contribution in [0.4, 0.5) is 0 Å². The summed E-state index contributed by atoms with van der Waals surface area (Å²) in [5.41, 5.74) is -1.01. The average Bonchev–Trinajstić information content (AvgIpc) is 2.92. The van der Waals surface area contributed by atoms with Crippen LogP contribution in [0.15, 0.2) is 46.1 Å². The first-order valence-electron chi connectivity index (χ1n) is 6.29. The molecule has 0 spiro atoms. The summed E-state index contributed by atoms with van der Waals surface area (Å²) in [6.07, 6.45) is 1.30. The van der Waals surface area contributed by atoms with Crippen LogP contribution in [0.25, 0.3) is 10.1 Å². The van der Waals surface area contributed by atoms with E-state index >= 15 is 0 Å². The van der Waals surface area contributed by atoms with Crippen LogP contribution >= 0.6 is 11.3 Å². The van der Waals surface area contributed by atoms with Crippen LogP contribution in [0.5, 0.6) is 0 Å². The summed E-state index contributed by atoms with van der Waals surface area (Å²) in [4.78, 5) is 36.8. The zero-order chi connectivity index (χ0) is 15.1. The lowest BCUT2D eigenvalue weighted by Gasteiger charge is -2.04. The lowest BCUT2D eigenvalue weighted by Crippen LogP contribution is -2.39. The minimum absolute atomic E-state index is 0.00570. The molecule has 106 valence electrons. The number of carbonyl (C=O) groups excluding carboxylic acids is 1. The van der Waals surface area contributed by atoms with E-state index in [4.69, 9.17) is 0 Å². The summed E-state index contributed by atoms with van der Waals surface area (Å²) >= 11 is 1.34. The van der Waals surface area contributed by atoms with Gasteiger partial charge in [-0.05, 0) is 17.5 Å². The highest BCUT2D eigenvalue weighted by Gasteiger charge is 2.18. The number of rotatable bonds is 2. The maximum Gasteiger partial charge on any atom is 0.330 e. The van der Waals surface area contributed by atoms with Crippen LogP contribution in [-0.2, 0) is 14.1 Å². The fraction of sp³-hybridized carbons (Fsp3) is 0.133. The molecule has 0 fully saturated rings. The van der Waals surface area contributed by atoms with E-state index in [0.29, 0.717) is 4.88 Å². The molecule has 1 aromatic carbocycles. The van der Waals surface area contributed by atoms with E-state index in [9.17, 15) is 14.4 Å². The molecule has 0 aliphatic heterocycles. The van der Waals surface area contributed by atoms with Crippen LogP contribution in [0.3, 0.4) is 0 Å². The maximum absolute atomic E-state index is 12.5. The number of ketones is 1. The first kappa shape index (κ1) is 13.5. The minimum atomic E-state index is -0.569. The molecule has 0 atom stereocenters. The molecule has 0 aliphatic rings. The van der Waals surface area contributed by atoms with Crippen LogP contribution in [0, 0.1) is 0 Å². The van der Waals surface area contributed by atoms with Gasteiger partial charge in [-0.15, -0.1) is 11.3 Å². The molecule has 0 aliphatic carbocycles. The Bertz CT molecular complexity index is 945.